The van der Waals surface area contributed by atoms with E-state index in [0.29, 0.717) is 5.92 Å². The molecule has 20 heavy (non-hydrogen) atoms. The largest absolute Gasteiger partial charge is 0.408 e. The van der Waals surface area contributed by atoms with E-state index >= 15 is 0 Å². The molecule has 112 valence electrons. The number of hydrogen-bond donors (Lipinski definition) is 1. The molecule has 1 heterocycles. The predicted molar refractivity (Wildman–Crippen MR) is 84.2 cm³/mol. The highest BCUT2D eigenvalue weighted by atomic mass is 28.4. The Morgan fingerprint density at radius 3 is 2.60 bits per heavy atom. The SMILES string of the molecule is CC[Si](CC)(CC)O[C@H]1C[C@H](CO)Cc2cccnc21. The summed E-state index contributed by atoms with van der Waals surface area (Å²) in [5, 5.41) is 9.54. The molecular formula is C16H27NO2Si. The van der Waals surface area contributed by atoms with Crippen LogP contribution in [0.2, 0.25) is 18.1 Å². The molecule has 1 aromatic rings. The van der Waals surface area contributed by atoms with Crippen LogP contribution in [0.4, 0.5) is 0 Å². The quantitative estimate of drug-likeness (QED) is 0.813. The van der Waals surface area contributed by atoms with Gasteiger partial charge in [0.25, 0.3) is 0 Å². The van der Waals surface area contributed by atoms with Crippen molar-refractivity contribution in [1.29, 1.82) is 0 Å². The molecule has 0 aliphatic heterocycles. The Labute approximate surface area is 123 Å². The molecule has 0 aromatic carbocycles. The second-order valence-corrected chi connectivity index (χ2v) is 10.6. The van der Waals surface area contributed by atoms with Gasteiger partial charge in [0.1, 0.15) is 0 Å². The van der Waals surface area contributed by atoms with Crippen molar-refractivity contribution in [2.75, 3.05) is 6.61 Å². The molecule has 0 radical (unpaired) electrons. The minimum Gasteiger partial charge on any atom is -0.408 e. The third-order valence-corrected chi connectivity index (χ3v) is 9.52. The Morgan fingerprint density at radius 2 is 2.00 bits per heavy atom. The van der Waals surface area contributed by atoms with Crippen molar-refractivity contribution in [2.24, 2.45) is 5.92 Å². The van der Waals surface area contributed by atoms with E-state index in [1.165, 1.54) is 5.56 Å². The summed E-state index contributed by atoms with van der Waals surface area (Å²) in [5.41, 5.74) is 2.37. The van der Waals surface area contributed by atoms with Crippen LogP contribution in [0.5, 0.6) is 0 Å². The first-order valence-electron chi connectivity index (χ1n) is 7.90. The van der Waals surface area contributed by atoms with E-state index in [-0.39, 0.29) is 12.7 Å². The van der Waals surface area contributed by atoms with Crippen LogP contribution in [-0.4, -0.2) is 25.0 Å². The molecule has 1 N–H and O–H groups in total. The molecule has 4 heteroatoms. The number of nitrogens with zero attached hydrogens (tertiary/aromatic N) is 1. The second-order valence-electron chi connectivity index (χ2n) is 5.89. The first kappa shape index (κ1) is 15.7. The van der Waals surface area contributed by atoms with Crippen LogP contribution in [0, 0.1) is 5.92 Å². The van der Waals surface area contributed by atoms with Gasteiger partial charge in [-0.2, -0.15) is 0 Å². The van der Waals surface area contributed by atoms with E-state index in [1.807, 2.05) is 12.3 Å². The van der Waals surface area contributed by atoms with E-state index in [2.05, 4.69) is 31.8 Å². The van der Waals surface area contributed by atoms with Crippen LogP contribution in [0.1, 0.15) is 44.6 Å². The van der Waals surface area contributed by atoms with Crippen LogP contribution in [0.3, 0.4) is 0 Å². The number of fused-ring (bicyclic) bond motifs is 1. The van der Waals surface area contributed by atoms with Crippen LogP contribution >= 0.6 is 0 Å². The molecule has 3 nitrogen and oxygen atoms in total. The van der Waals surface area contributed by atoms with Gasteiger partial charge < -0.3 is 9.53 Å². The first-order valence-corrected chi connectivity index (χ1v) is 10.4. The molecule has 2 atom stereocenters. The fourth-order valence-corrected chi connectivity index (χ4v) is 6.08. The van der Waals surface area contributed by atoms with Crippen molar-refractivity contribution in [1.82, 2.24) is 4.98 Å². The smallest absolute Gasteiger partial charge is 0.192 e. The molecule has 1 aliphatic rings. The molecule has 0 saturated carbocycles. The lowest BCUT2D eigenvalue weighted by Crippen LogP contribution is -2.39. The summed E-state index contributed by atoms with van der Waals surface area (Å²) in [6.07, 6.45) is 3.79. The minimum absolute atomic E-state index is 0.0867. The van der Waals surface area contributed by atoms with Gasteiger partial charge in [-0.25, -0.2) is 0 Å². The maximum atomic E-state index is 9.54. The summed E-state index contributed by atoms with van der Waals surface area (Å²) in [7, 11) is -1.64. The summed E-state index contributed by atoms with van der Waals surface area (Å²) in [4.78, 5) is 4.57. The predicted octanol–water partition coefficient (Wildman–Crippen LogP) is 3.70. The van der Waals surface area contributed by atoms with Crippen LogP contribution in [0.25, 0.3) is 0 Å². The van der Waals surface area contributed by atoms with E-state index in [1.54, 1.807) is 0 Å². The average molecular weight is 293 g/mol. The molecule has 1 aliphatic carbocycles. The summed E-state index contributed by atoms with van der Waals surface area (Å²) < 4.78 is 6.65. The molecule has 2 rings (SSSR count). The fourth-order valence-electron chi connectivity index (χ4n) is 3.27. The van der Waals surface area contributed by atoms with Crippen molar-refractivity contribution in [3.05, 3.63) is 29.6 Å². The highest BCUT2D eigenvalue weighted by Crippen LogP contribution is 2.38. The third-order valence-electron chi connectivity index (χ3n) is 4.87. The van der Waals surface area contributed by atoms with E-state index < -0.39 is 8.32 Å². The standard InChI is InChI=1S/C16H27NO2Si/c1-4-20(5-2,6-3)19-15-11-13(12-18)10-14-8-7-9-17-16(14)15/h7-9,13,15,18H,4-6,10-12H2,1-3H3/t13-,15+/m1/s1. The number of aromatic nitrogens is 1. The second kappa shape index (κ2) is 6.83. The zero-order valence-electron chi connectivity index (χ0n) is 12.9. The maximum Gasteiger partial charge on any atom is 0.192 e. The Hall–Kier alpha value is -0.713. The average Bonchev–Trinajstić information content (AvgIpc) is 2.52. The van der Waals surface area contributed by atoms with Crippen molar-refractivity contribution in [2.45, 2.75) is 57.8 Å². The number of rotatable bonds is 6. The van der Waals surface area contributed by atoms with Crippen LogP contribution in [0.15, 0.2) is 18.3 Å². The Morgan fingerprint density at radius 1 is 1.30 bits per heavy atom. The summed E-state index contributed by atoms with van der Waals surface area (Å²) in [6, 6.07) is 7.58. The molecule has 1 aromatic heterocycles. The monoisotopic (exact) mass is 293 g/mol. The van der Waals surface area contributed by atoms with Crippen molar-refractivity contribution in [3.8, 4) is 0 Å². The molecule has 0 unspecified atom stereocenters. The van der Waals surface area contributed by atoms with Gasteiger partial charge in [-0.1, -0.05) is 26.8 Å². The topological polar surface area (TPSA) is 42.4 Å². The van der Waals surface area contributed by atoms with Gasteiger partial charge in [0.2, 0.25) is 0 Å². The molecule has 0 amide bonds. The Balaban J connectivity index is 2.26. The maximum absolute atomic E-state index is 9.54. The molecule has 0 spiro atoms. The van der Waals surface area contributed by atoms with Crippen molar-refractivity contribution >= 4 is 8.32 Å². The number of hydrogen-bond acceptors (Lipinski definition) is 3. The van der Waals surface area contributed by atoms with E-state index in [4.69, 9.17) is 4.43 Å². The van der Waals surface area contributed by atoms with Crippen molar-refractivity contribution < 1.29 is 9.53 Å². The highest BCUT2D eigenvalue weighted by molar-refractivity contribution is 6.73. The number of aliphatic hydroxyl groups is 1. The molecule has 0 fully saturated rings. The fraction of sp³-hybridized carbons (Fsp3) is 0.688. The Bertz CT molecular complexity index is 426. The zero-order chi connectivity index (χ0) is 14.6. The van der Waals surface area contributed by atoms with Gasteiger partial charge in [-0.05, 0) is 48.5 Å². The normalized spacial score (nSPS) is 22.6. The minimum atomic E-state index is -1.64. The first-order chi connectivity index (χ1) is 9.68. The summed E-state index contributed by atoms with van der Waals surface area (Å²) in [6.45, 7) is 7.01. The van der Waals surface area contributed by atoms with Crippen LogP contribution in [-0.2, 0) is 10.8 Å². The van der Waals surface area contributed by atoms with Gasteiger partial charge in [-0.3, -0.25) is 4.98 Å². The Kier molecular flexibility index (Phi) is 5.35. The third kappa shape index (κ3) is 3.13. The molecular weight excluding hydrogens is 266 g/mol. The highest BCUT2D eigenvalue weighted by Gasteiger charge is 2.36. The van der Waals surface area contributed by atoms with Crippen molar-refractivity contribution in [3.63, 3.8) is 0 Å². The van der Waals surface area contributed by atoms with Crippen LogP contribution < -0.4 is 0 Å². The van der Waals surface area contributed by atoms with Gasteiger partial charge in [0, 0.05) is 12.8 Å². The lowest BCUT2D eigenvalue weighted by Gasteiger charge is -2.37. The van der Waals surface area contributed by atoms with Gasteiger partial charge >= 0.3 is 0 Å². The van der Waals surface area contributed by atoms with E-state index in [9.17, 15) is 5.11 Å². The lowest BCUT2D eigenvalue weighted by atomic mass is 9.85. The van der Waals surface area contributed by atoms with E-state index in [0.717, 1.165) is 36.7 Å². The number of pyridine rings is 1. The zero-order valence-corrected chi connectivity index (χ0v) is 13.9. The summed E-state index contributed by atoms with van der Waals surface area (Å²) in [5.74, 6) is 0.314. The van der Waals surface area contributed by atoms with Gasteiger partial charge in [0.15, 0.2) is 8.32 Å². The summed E-state index contributed by atoms with van der Waals surface area (Å²) >= 11 is 0. The van der Waals surface area contributed by atoms with Gasteiger partial charge in [-0.15, -0.1) is 0 Å². The number of aliphatic hydroxyl groups excluding tert-OH is 1. The molecule has 0 bridgehead atoms. The lowest BCUT2D eigenvalue weighted by molar-refractivity contribution is 0.110. The van der Waals surface area contributed by atoms with Gasteiger partial charge in [0.05, 0.1) is 11.8 Å². The molecule has 0 saturated heterocycles.